The van der Waals surface area contributed by atoms with Crippen LogP contribution < -0.4 is 4.72 Å². The summed E-state index contributed by atoms with van der Waals surface area (Å²) < 4.78 is 25.9. The first-order valence-electron chi connectivity index (χ1n) is 9.26. The number of hydrogen-bond acceptors (Lipinski definition) is 6. The van der Waals surface area contributed by atoms with Crippen molar-refractivity contribution < 1.29 is 13.2 Å². The van der Waals surface area contributed by atoms with Gasteiger partial charge in [0.15, 0.2) is 0 Å². The van der Waals surface area contributed by atoms with Crippen molar-refractivity contribution in [3.8, 4) is 0 Å². The summed E-state index contributed by atoms with van der Waals surface area (Å²) in [5.41, 5.74) is 1.86. The van der Waals surface area contributed by atoms with Gasteiger partial charge < -0.3 is 4.90 Å². The van der Waals surface area contributed by atoms with Crippen LogP contribution in [0.2, 0.25) is 0 Å². The molecule has 7 nitrogen and oxygen atoms in total. The highest BCUT2D eigenvalue weighted by Crippen LogP contribution is 2.41. The third-order valence-corrected chi connectivity index (χ3v) is 7.45. The van der Waals surface area contributed by atoms with Crippen LogP contribution in [0.4, 0.5) is 0 Å². The fraction of sp³-hybridized carbons (Fsp3) is 0.765. The first kappa shape index (κ1) is 18.3. The molecular formula is C17H26N4O3S2. The van der Waals surface area contributed by atoms with E-state index in [0.29, 0.717) is 24.8 Å². The number of likely N-dealkylation sites (tertiary alicyclic amines) is 1. The van der Waals surface area contributed by atoms with Gasteiger partial charge in [-0.15, -0.1) is 11.3 Å². The van der Waals surface area contributed by atoms with Gasteiger partial charge in [-0.05, 0) is 31.1 Å². The number of hydrogen-bond donors (Lipinski definition) is 1. The second-order valence-corrected chi connectivity index (χ2v) is 10.7. The number of carbonyl (C=O) groups excluding carboxylic acids is 1. The van der Waals surface area contributed by atoms with Crippen LogP contribution >= 0.6 is 11.3 Å². The number of sulfonamides is 1. The van der Waals surface area contributed by atoms with E-state index in [4.69, 9.17) is 0 Å². The van der Waals surface area contributed by atoms with Gasteiger partial charge in [-0.1, -0.05) is 0 Å². The SMILES string of the molecule is CS(=O)(=O)NC[C@H]1[C@H]2C[C@H](CN(Cc3cncs3)C2)[C@@H]2CCCC(=O)N21. The Morgan fingerprint density at radius 2 is 2.15 bits per heavy atom. The number of fused-ring (bicyclic) bond motifs is 4. The minimum atomic E-state index is -3.27. The van der Waals surface area contributed by atoms with Crippen LogP contribution in [0.3, 0.4) is 0 Å². The van der Waals surface area contributed by atoms with Crippen molar-refractivity contribution in [1.82, 2.24) is 19.5 Å². The Morgan fingerprint density at radius 3 is 2.88 bits per heavy atom. The number of nitrogens with zero attached hydrogens (tertiary/aromatic N) is 3. The maximum atomic E-state index is 12.7. The molecule has 1 N–H and O–H groups in total. The van der Waals surface area contributed by atoms with Gasteiger partial charge in [0.2, 0.25) is 15.9 Å². The zero-order valence-corrected chi connectivity index (χ0v) is 16.6. The minimum absolute atomic E-state index is 0.0389. The molecule has 3 fully saturated rings. The number of thiazole rings is 1. The molecule has 3 saturated heterocycles. The van der Waals surface area contributed by atoms with E-state index in [9.17, 15) is 13.2 Å². The predicted molar refractivity (Wildman–Crippen MR) is 100 cm³/mol. The highest BCUT2D eigenvalue weighted by Gasteiger charge is 2.49. The fourth-order valence-electron chi connectivity index (χ4n) is 5.04. The van der Waals surface area contributed by atoms with E-state index in [-0.39, 0.29) is 18.0 Å². The number of rotatable bonds is 5. The summed E-state index contributed by atoms with van der Waals surface area (Å²) in [6.45, 7) is 3.13. The maximum Gasteiger partial charge on any atom is 0.223 e. The van der Waals surface area contributed by atoms with Crippen molar-refractivity contribution in [3.05, 3.63) is 16.6 Å². The topological polar surface area (TPSA) is 82.6 Å². The highest BCUT2D eigenvalue weighted by atomic mass is 32.2. The van der Waals surface area contributed by atoms with Crippen LogP contribution in [-0.2, 0) is 21.4 Å². The summed E-state index contributed by atoms with van der Waals surface area (Å²) in [6, 6.07) is 0.214. The summed E-state index contributed by atoms with van der Waals surface area (Å²) in [6.07, 6.45) is 6.77. The molecule has 2 bridgehead atoms. The van der Waals surface area contributed by atoms with Crippen LogP contribution in [0.5, 0.6) is 0 Å². The van der Waals surface area contributed by atoms with Crippen LogP contribution in [-0.4, -0.2) is 67.1 Å². The van der Waals surface area contributed by atoms with Gasteiger partial charge in [0.05, 0.1) is 11.8 Å². The number of carbonyl (C=O) groups is 1. The fourth-order valence-corrected chi connectivity index (χ4v) is 6.15. The zero-order chi connectivity index (χ0) is 18.3. The molecule has 1 aromatic heterocycles. The first-order valence-corrected chi connectivity index (χ1v) is 12.0. The van der Waals surface area contributed by atoms with Crippen molar-refractivity contribution in [1.29, 1.82) is 0 Å². The molecule has 4 atom stereocenters. The molecule has 4 rings (SSSR count). The average molecular weight is 399 g/mol. The average Bonchev–Trinajstić information content (AvgIpc) is 3.07. The quantitative estimate of drug-likeness (QED) is 0.797. The second kappa shape index (κ2) is 7.18. The Kier molecular flexibility index (Phi) is 5.06. The smallest absolute Gasteiger partial charge is 0.223 e. The van der Waals surface area contributed by atoms with Crippen LogP contribution in [0.1, 0.15) is 30.6 Å². The van der Waals surface area contributed by atoms with E-state index in [1.165, 1.54) is 11.1 Å². The Morgan fingerprint density at radius 1 is 1.35 bits per heavy atom. The molecule has 1 amide bonds. The largest absolute Gasteiger partial charge is 0.335 e. The number of aromatic nitrogens is 1. The lowest BCUT2D eigenvalue weighted by Crippen LogP contribution is -2.66. The van der Waals surface area contributed by atoms with Crippen LogP contribution in [0.25, 0.3) is 0 Å². The minimum Gasteiger partial charge on any atom is -0.335 e. The van der Waals surface area contributed by atoms with E-state index in [1.807, 2.05) is 16.6 Å². The maximum absolute atomic E-state index is 12.7. The van der Waals surface area contributed by atoms with Crippen LogP contribution in [0, 0.1) is 11.8 Å². The zero-order valence-electron chi connectivity index (χ0n) is 15.0. The summed E-state index contributed by atoms with van der Waals surface area (Å²) in [7, 11) is -3.27. The van der Waals surface area contributed by atoms with Gasteiger partial charge in [-0.3, -0.25) is 14.7 Å². The molecule has 0 unspecified atom stereocenters. The molecule has 0 spiro atoms. The van der Waals surface area contributed by atoms with Crippen molar-refractivity contribution in [3.63, 3.8) is 0 Å². The lowest BCUT2D eigenvalue weighted by atomic mass is 9.72. The molecule has 26 heavy (non-hydrogen) atoms. The summed E-state index contributed by atoms with van der Waals surface area (Å²) in [5.74, 6) is 1.00. The second-order valence-electron chi connectivity index (χ2n) is 7.87. The van der Waals surface area contributed by atoms with E-state index in [0.717, 1.165) is 38.9 Å². The Balaban J connectivity index is 1.55. The third-order valence-electron chi connectivity index (χ3n) is 5.99. The Bertz CT molecular complexity index is 752. The third kappa shape index (κ3) is 3.81. The first-order chi connectivity index (χ1) is 12.4. The van der Waals surface area contributed by atoms with Gasteiger partial charge in [-0.2, -0.15) is 0 Å². The molecule has 3 aliphatic heterocycles. The molecule has 0 saturated carbocycles. The van der Waals surface area contributed by atoms with Gasteiger partial charge in [0.1, 0.15) is 0 Å². The Labute approximate surface area is 158 Å². The number of nitrogens with one attached hydrogen (secondary N) is 1. The van der Waals surface area contributed by atoms with E-state index in [2.05, 4.69) is 14.6 Å². The van der Waals surface area contributed by atoms with Crippen molar-refractivity contribution in [2.45, 2.75) is 44.3 Å². The van der Waals surface area contributed by atoms with E-state index in [1.54, 1.807) is 11.3 Å². The van der Waals surface area contributed by atoms with Gasteiger partial charge >= 0.3 is 0 Å². The molecule has 3 aliphatic rings. The van der Waals surface area contributed by atoms with Crippen molar-refractivity contribution in [2.75, 3.05) is 25.9 Å². The monoisotopic (exact) mass is 398 g/mol. The number of amides is 1. The molecular weight excluding hydrogens is 372 g/mol. The molecule has 0 radical (unpaired) electrons. The normalized spacial score (nSPS) is 32.5. The van der Waals surface area contributed by atoms with Gasteiger partial charge in [0.25, 0.3) is 0 Å². The van der Waals surface area contributed by atoms with E-state index >= 15 is 0 Å². The molecule has 1 aromatic rings. The lowest BCUT2D eigenvalue weighted by Gasteiger charge is -2.56. The molecule has 4 heterocycles. The number of piperidine rings is 3. The van der Waals surface area contributed by atoms with Gasteiger partial charge in [-0.25, -0.2) is 13.1 Å². The van der Waals surface area contributed by atoms with Crippen molar-refractivity contribution in [2.24, 2.45) is 11.8 Å². The highest BCUT2D eigenvalue weighted by molar-refractivity contribution is 7.88. The standard InChI is InChI=1S/C17H26N4O3S2/c1-26(23,24)19-7-16-13-5-12(15-3-2-4-17(22)21(15)16)8-20(9-13)10-14-6-18-11-25-14/h6,11-13,15-16,19H,2-5,7-10H2,1H3/t12-,13+,15+,16+/m1/s1. The molecule has 144 valence electrons. The van der Waals surface area contributed by atoms with E-state index < -0.39 is 10.0 Å². The van der Waals surface area contributed by atoms with Crippen LogP contribution in [0.15, 0.2) is 11.7 Å². The summed E-state index contributed by atoms with van der Waals surface area (Å²) >= 11 is 1.67. The summed E-state index contributed by atoms with van der Waals surface area (Å²) in [4.78, 5) is 22.6. The predicted octanol–water partition coefficient (Wildman–Crippen LogP) is 0.894. The Hall–Kier alpha value is -1.03. The molecule has 9 heteroatoms. The van der Waals surface area contributed by atoms with Gasteiger partial charge in [0, 0.05) is 55.8 Å². The lowest BCUT2D eigenvalue weighted by molar-refractivity contribution is -0.152. The molecule has 0 aromatic carbocycles. The summed E-state index contributed by atoms with van der Waals surface area (Å²) in [5, 5.41) is 0. The molecule has 0 aliphatic carbocycles. The van der Waals surface area contributed by atoms with Crippen molar-refractivity contribution >= 4 is 27.3 Å².